The average molecular weight is 570 g/mol. The number of benzene rings is 5. The Kier molecular flexibility index (Phi) is 6.24. The maximum Gasteiger partial charge on any atom is 0.164 e. The summed E-state index contributed by atoms with van der Waals surface area (Å²) in [5, 5.41) is 2.05. The molecule has 0 aliphatic rings. The van der Waals surface area contributed by atoms with E-state index in [-0.39, 0.29) is 0 Å². The number of nitrogens with zero attached hydrogens (tertiary/aromatic N) is 5. The van der Waals surface area contributed by atoms with Gasteiger partial charge in [-0.15, -0.1) is 11.3 Å². The van der Waals surface area contributed by atoms with Gasteiger partial charge in [-0.3, -0.25) is 4.98 Å². The van der Waals surface area contributed by atoms with Gasteiger partial charge in [0.05, 0.1) is 15.7 Å². The molecule has 0 atom stereocenters. The van der Waals surface area contributed by atoms with Gasteiger partial charge in [0.1, 0.15) is 5.01 Å². The van der Waals surface area contributed by atoms with Gasteiger partial charge in [0.2, 0.25) is 0 Å². The molecule has 0 N–H and O–H groups in total. The first-order valence-corrected chi connectivity index (χ1v) is 14.8. The molecule has 0 radical (unpaired) electrons. The van der Waals surface area contributed by atoms with Crippen LogP contribution in [0.2, 0.25) is 0 Å². The Labute approximate surface area is 252 Å². The maximum atomic E-state index is 5.12. The Morgan fingerprint density at radius 2 is 1.02 bits per heavy atom. The third-order valence-corrected chi connectivity index (χ3v) is 8.54. The van der Waals surface area contributed by atoms with Crippen LogP contribution in [0.4, 0.5) is 0 Å². The molecule has 0 fully saturated rings. The van der Waals surface area contributed by atoms with Crippen LogP contribution in [-0.2, 0) is 0 Å². The van der Waals surface area contributed by atoms with Crippen molar-refractivity contribution in [3.8, 4) is 55.9 Å². The quantitative estimate of drug-likeness (QED) is 0.207. The number of rotatable bonds is 5. The third kappa shape index (κ3) is 4.74. The number of hydrogen-bond donors (Lipinski definition) is 0. The van der Waals surface area contributed by atoms with Crippen LogP contribution in [0.1, 0.15) is 0 Å². The van der Waals surface area contributed by atoms with Crippen LogP contribution in [-0.4, -0.2) is 24.9 Å². The predicted molar refractivity (Wildman–Crippen MR) is 175 cm³/mol. The van der Waals surface area contributed by atoms with Crippen LogP contribution in [0, 0.1) is 0 Å². The minimum Gasteiger partial charge on any atom is -0.256 e. The lowest BCUT2D eigenvalue weighted by molar-refractivity contribution is 1.07. The Bertz CT molecular complexity index is 2170. The van der Waals surface area contributed by atoms with Gasteiger partial charge in [0, 0.05) is 45.0 Å². The SMILES string of the molecule is c1ccc(-c2nc(-c3ccccc3)nc(-c3cc(-c4cccc5cccnc45)c4sc(-c5ccccc5)nc4c3)n2)cc1. The number of hydrogen-bond acceptors (Lipinski definition) is 6. The molecule has 202 valence electrons. The first kappa shape index (κ1) is 25.1. The second kappa shape index (κ2) is 10.7. The normalized spacial score (nSPS) is 11.3. The molecule has 8 rings (SSSR count). The summed E-state index contributed by atoms with van der Waals surface area (Å²) < 4.78 is 1.10. The number of fused-ring (bicyclic) bond motifs is 2. The van der Waals surface area contributed by atoms with Crippen molar-refractivity contribution in [2.24, 2.45) is 0 Å². The highest BCUT2D eigenvalue weighted by molar-refractivity contribution is 7.22. The molecular formula is C37H23N5S. The van der Waals surface area contributed by atoms with Crippen LogP contribution >= 0.6 is 11.3 Å². The van der Waals surface area contributed by atoms with E-state index in [1.807, 2.05) is 91.1 Å². The first-order valence-electron chi connectivity index (χ1n) is 14.0. The molecule has 3 heterocycles. The van der Waals surface area contributed by atoms with E-state index in [1.54, 1.807) is 11.3 Å². The molecule has 0 aliphatic heterocycles. The van der Waals surface area contributed by atoms with Crippen LogP contribution in [0.15, 0.2) is 140 Å². The average Bonchev–Trinajstić information content (AvgIpc) is 3.53. The molecule has 0 unspecified atom stereocenters. The van der Waals surface area contributed by atoms with Gasteiger partial charge in [-0.25, -0.2) is 19.9 Å². The lowest BCUT2D eigenvalue weighted by atomic mass is 9.99. The van der Waals surface area contributed by atoms with Crippen molar-refractivity contribution in [2.75, 3.05) is 0 Å². The Morgan fingerprint density at radius 1 is 0.442 bits per heavy atom. The van der Waals surface area contributed by atoms with E-state index in [9.17, 15) is 0 Å². The fourth-order valence-electron chi connectivity index (χ4n) is 5.33. The van der Waals surface area contributed by atoms with Crippen molar-refractivity contribution < 1.29 is 0 Å². The molecule has 8 aromatic rings. The number of pyridine rings is 1. The zero-order chi connectivity index (χ0) is 28.6. The monoisotopic (exact) mass is 569 g/mol. The van der Waals surface area contributed by atoms with Crippen LogP contribution in [0.5, 0.6) is 0 Å². The summed E-state index contributed by atoms with van der Waals surface area (Å²) in [6.45, 7) is 0. The molecule has 3 aromatic heterocycles. The number of aromatic nitrogens is 5. The van der Waals surface area contributed by atoms with Crippen molar-refractivity contribution in [1.82, 2.24) is 24.9 Å². The minimum atomic E-state index is 0.596. The molecule has 0 aliphatic carbocycles. The van der Waals surface area contributed by atoms with E-state index in [1.165, 1.54) is 0 Å². The summed E-state index contributed by atoms with van der Waals surface area (Å²) in [5.41, 5.74) is 7.78. The fourth-order valence-corrected chi connectivity index (χ4v) is 6.40. The zero-order valence-corrected chi connectivity index (χ0v) is 23.7. The van der Waals surface area contributed by atoms with Gasteiger partial charge in [-0.05, 0) is 18.2 Å². The Hall–Kier alpha value is -5.59. The third-order valence-electron chi connectivity index (χ3n) is 7.39. The number of para-hydroxylation sites is 1. The van der Waals surface area contributed by atoms with Crippen LogP contribution < -0.4 is 0 Å². The molecule has 5 nitrogen and oxygen atoms in total. The van der Waals surface area contributed by atoms with E-state index >= 15 is 0 Å². The van der Waals surface area contributed by atoms with Gasteiger partial charge in [-0.1, -0.05) is 115 Å². The van der Waals surface area contributed by atoms with Gasteiger partial charge in [-0.2, -0.15) is 0 Å². The predicted octanol–water partition coefficient (Wildman–Crippen LogP) is 9.36. The van der Waals surface area contributed by atoms with E-state index in [4.69, 9.17) is 24.9 Å². The highest BCUT2D eigenvalue weighted by Gasteiger charge is 2.19. The van der Waals surface area contributed by atoms with Crippen molar-refractivity contribution in [3.63, 3.8) is 0 Å². The molecule has 5 aromatic carbocycles. The van der Waals surface area contributed by atoms with Gasteiger partial charge >= 0.3 is 0 Å². The van der Waals surface area contributed by atoms with Crippen LogP contribution in [0.25, 0.3) is 77.0 Å². The Balaban J connectivity index is 1.40. The van der Waals surface area contributed by atoms with Crippen LogP contribution in [0.3, 0.4) is 0 Å². The maximum absolute atomic E-state index is 5.12. The van der Waals surface area contributed by atoms with E-state index in [0.717, 1.165) is 59.5 Å². The summed E-state index contributed by atoms with van der Waals surface area (Å²) in [6.07, 6.45) is 1.85. The van der Waals surface area contributed by atoms with Gasteiger partial charge < -0.3 is 0 Å². The molecule has 6 heteroatoms. The standard InChI is InChI=1S/C37H23N5S/c1-4-12-25(13-5-1)34-40-35(26-14-6-2-7-15-26)42-36(41-34)28-22-30(29-20-10-18-24-19-11-21-38-32(24)29)33-31(23-28)39-37(43-33)27-16-8-3-9-17-27/h1-23H. The Morgan fingerprint density at radius 3 is 1.67 bits per heavy atom. The van der Waals surface area contributed by atoms with E-state index in [0.29, 0.717) is 17.5 Å². The highest BCUT2D eigenvalue weighted by atomic mass is 32.1. The molecule has 0 saturated carbocycles. The lowest BCUT2D eigenvalue weighted by Gasteiger charge is -2.11. The largest absolute Gasteiger partial charge is 0.256 e. The van der Waals surface area contributed by atoms with Gasteiger partial charge in [0.25, 0.3) is 0 Å². The molecule has 0 bridgehead atoms. The summed E-state index contributed by atoms with van der Waals surface area (Å²) in [7, 11) is 0. The minimum absolute atomic E-state index is 0.596. The molecule has 0 spiro atoms. The molecule has 0 amide bonds. The fraction of sp³-hybridized carbons (Fsp3) is 0. The molecular weight excluding hydrogens is 547 g/mol. The zero-order valence-electron chi connectivity index (χ0n) is 22.9. The van der Waals surface area contributed by atoms with Crippen molar-refractivity contribution >= 4 is 32.5 Å². The van der Waals surface area contributed by atoms with E-state index < -0.39 is 0 Å². The van der Waals surface area contributed by atoms with Crippen molar-refractivity contribution in [1.29, 1.82) is 0 Å². The topological polar surface area (TPSA) is 64.5 Å². The summed E-state index contributed by atoms with van der Waals surface area (Å²) in [5.74, 6) is 1.85. The lowest BCUT2D eigenvalue weighted by Crippen LogP contribution is -2.00. The summed E-state index contributed by atoms with van der Waals surface area (Å²) in [4.78, 5) is 24.8. The summed E-state index contributed by atoms with van der Waals surface area (Å²) in [6, 6.07) is 45.1. The molecule has 0 saturated heterocycles. The van der Waals surface area contributed by atoms with Crippen molar-refractivity contribution in [2.45, 2.75) is 0 Å². The van der Waals surface area contributed by atoms with Crippen molar-refractivity contribution in [3.05, 3.63) is 140 Å². The summed E-state index contributed by atoms with van der Waals surface area (Å²) >= 11 is 1.69. The molecule has 43 heavy (non-hydrogen) atoms. The smallest absolute Gasteiger partial charge is 0.164 e. The number of thiazole rings is 1. The first-order chi connectivity index (χ1) is 21.3. The second-order valence-electron chi connectivity index (χ2n) is 10.2. The van der Waals surface area contributed by atoms with Gasteiger partial charge in [0.15, 0.2) is 17.5 Å². The second-order valence-corrected chi connectivity index (χ2v) is 11.2. The highest BCUT2D eigenvalue weighted by Crippen LogP contribution is 2.41. The van der Waals surface area contributed by atoms with E-state index in [2.05, 4.69) is 48.5 Å².